The Labute approximate surface area is 162 Å². The van der Waals surface area contributed by atoms with Crippen molar-refractivity contribution in [3.05, 3.63) is 41.7 Å². The summed E-state index contributed by atoms with van der Waals surface area (Å²) >= 11 is 6.07. The van der Waals surface area contributed by atoms with E-state index in [0.717, 1.165) is 12.8 Å². The number of aliphatic carboxylic acids is 1. The zero-order chi connectivity index (χ0) is 19.4. The highest BCUT2D eigenvalue weighted by atomic mass is 35.5. The number of anilines is 1. The molecule has 3 N–H and O–H groups in total. The first-order chi connectivity index (χ1) is 13.0. The van der Waals surface area contributed by atoms with Crippen LogP contribution in [0.5, 0.6) is 0 Å². The van der Waals surface area contributed by atoms with Crippen LogP contribution in [-0.4, -0.2) is 57.0 Å². The van der Waals surface area contributed by atoms with Crippen LogP contribution in [0.4, 0.5) is 10.5 Å². The third-order valence-corrected chi connectivity index (χ3v) is 4.90. The largest absolute Gasteiger partial charge is 0.480 e. The molecule has 0 unspecified atom stereocenters. The fourth-order valence-electron chi connectivity index (χ4n) is 3.23. The molecule has 1 aromatic heterocycles. The smallest absolute Gasteiger partial charge is 0.319 e. The number of carbonyl (C=O) groups is 2. The lowest BCUT2D eigenvalue weighted by molar-refractivity contribution is -0.139. The standard InChI is InChI=1S/C18H22ClN5O3/c1-2-23(11-17(25)26)14-9-13(10-14)21-18(27)22-15-5-4-12(19)8-16(15)24-7-3-6-20-24/h3-8,13-14H,2,9-11H2,1H3,(H,25,26)(H2,21,22,27). The number of carboxylic acids is 1. The predicted octanol–water partition coefficient (Wildman–Crippen LogP) is 2.58. The van der Waals surface area contributed by atoms with Gasteiger partial charge < -0.3 is 15.7 Å². The number of aromatic nitrogens is 2. The summed E-state index contributed by atoms with van der Waals surface area (Å²) in [6, 6.07) is 6.85. The minimum Gasteiger partial charge on any atom is -0.480 e. The molecule has 1 aliphatic rings. The molecule has 3 rings (SSSR count). The lowest BCUT2D eigenvalue weighted by Crippen LogP contribution is -2.55. The molecule has 0 spiro atoms. The van der Waals surface area contributed by atoms with Gasteiger partial charge in [-0.15, -0.1) is 0 Å². The van der Waals surface area contributed by atoms with Crippen LogP contribution in [0.3, 0.4) is 0 Å². The first kappa shape index (κ1) is 19.2. The van der Waals surface area contributed by atoms with Gasteiger partial charge in [-0.05, 0) is 43.7 Å². The monoisotopic (exact) mass is 391 g/mol. The van der Waals surface area contributed by atoms with Crippen molar-refractivity contribution in [2.45, 2.75) is 31.8 Å². The Hall–Kier alpha value is -2.58. The number of urea groups is 1. The molecular weight excluding hydrogens is 370 g/mol. The zero-order valence-electron chi connectivity index (χ0n) is 14.9. The normalized spacial score (nSPS) is 18.8. The van der Waals surface area contributed by atoms with E-state index >= 15 is 0 Å². The highest BCUT2D eigenvalue weighted by molar-refractivity contribution is 6.30. The molecule has 1 fully saturated rings. The second-order valence-electron chi connectivity index (χ2n) is 6.49. The van der Waals surface area contributed by atoms with E-state index in [1.807, 2.05) is 11.8 Å². The van der Waals surface area contributed by atoms with Crippen LogP contribution in [0.1, 0.15) is 19.8 Å². The number of carboxylic acid groups (broad SMARTS) is 1. The maximum absolute atomic E-state index is 12.4. The van der Waals surface area contributed by atoms with E-state index in [2.05, 4.69) is 15.7 Å². The Morgan fingerprint density at radius 1 is 1.41 bits per heavy atom. The van der Waals surface area contributed by atoms with Crippen LogP contribution in [0, 0.1) is 0 Å². The maximum Gasteiger partial charge on any atom is 0.319 e. The van der Waals surface area contributed by atoms with E-state index in [1.54, 1.807) is 41.3 Å². The van der Waals surface area contributed by atoms with Crippen molar-refractivity contribution in [2.75, 3.05) is 18.4 Å². The maximum atomic E-state index is 12.4. The number of hydrogen-bond donors (Lipinski definition) is 3. The summed E-state index contributed by atoms with van der Waals surface area (Å²) in [6.07, 6.45) is 4.89. The Morgan fingerprint density at radius 2 is 2.19 bits per heavy atom. The number of benzene rings is 1. The quantitative estimate of drug-likeness (QED) is 0.673. The number of rotatable bonds is 7. The summed E-state index contributed by atoms with van der Waals surface area (Å²) < 4.78 is 1.63. The molecule has 0 radical (unpaired) electrons. The van der Waals surface area contributed by atoms with E-state index in [-0.39, 0.29) is 24.7 Å². The Bertz CT molecular complexity index is 805. The van der Waals surface area contributed by atoms with Gasteiger partial charge in [-0.2, -0.15) is 5.10 Å². The predicted molar refractivity (Wildman–Crippen MR) is 102 cm³/mol. The average Bonchev–Trinajstić information content (AvgIpc) is 3.11. The second-order valence-corrected chi connectivity index (χ2v) is 6.93. The van der Waals surface area contributed by atoms with Crippen LogP contribution in [0.25, 0.3) is 5.69 Å². The van der Waals surface area contributed by atoms with Crippen LogP contribution >= 0.6 is 11.6 Å². The van der Waals surface area contributed by atoms with Crippen LogP contribution < -0.4 is 10.6 Å². The molecule has 8 nitrogen and oxygen atoms in total. The van der Waals surface area contributed by atoms with E-state index in [1.165, 1.54) is 0 Å². The van der Waals surface area contributed by atoms with E-state index in [4.69, 9.17) is 16.7 Å². The molecule has 27 heavy (non-hydrogen) atoms. The van der Waals surface area contributed by atoms with Gasteiger partial charge in [0.25, 0.3) is 0 Å². The van der Waals surface area contributed by atoms with Crippen molar-refractivity contribution < 1.29 is 14.7 Å². The van der Waals surface area contributed by atoms with Crippen LogP contribution in [-0.2, 0) is 4.79 Å². The fraction of sp³-hybridized carbons (Fsp3) is 0.389. The molecule has 2 aromatic rings. The van der Waals surface area contributed by atoms with E-state index in [0.29, 0.717) is 22.9 Å². The first-order valence-corrected chi connectivity index (χ1v) is 9.17. The Morgan fingerprint density at radius 3 is 2.81 bits per heavy atom. The lowest BCUT2D eigenvalue weighted by atomic mass is 9.85. The summed E-state index contributed by atoms with van der Waals surface area (Å²) in [5.41, 5.74) is 1.27. The van der Waals surface area contributed by atoms with Crippen molar-refractivity contribution in [3.63, 3.8) is 0 Å². The molecule has 1 heterocycles. The number of halogens is 1. The molecule has 0 aliphatic heterocycles. The van der Waals surface area contributed by atoms with Crippen molar-refractivity contribution in [3.8, 4) is 5.69 Å². The summed E-state index contributed by atoms with van der Waals surface area (Å²) in [7, 11) is 0. The van der Waals surface area contributed by atoms with E-state index in [9.17, 15) is 9.59 Å². The fourth-order valence-corrected chi connectivity index (χ4v) is 3.40. The van der Waals surface area contributed by atoms with Gasteiger partial charge in [-0.1, -0.05) is 18.5 Å². The summed E-state index contributed by atoms with van der Waals surface area (Å²) in [6.45, 7) is 2.64. The number of hydrogen-bond acceptors (Lipinski definition) is 4. The highest BCUT2D eigenvalue weighted by Gasteiger charge is 2.34. The summed E-state index contributed by atoms with van der Waals surface area (Å²) in [5.74, 6) is -0.833. The highest BCUT2D eigenvalue weighted by Crippen LogP contribution is 2.27. The van der Waals surface area contributed by atoms with Crippen LogP contribution in [0.2, 0.25) is 5.02 Å². The SMILES string of the molecule is CCN(CC(=O)O)C1CC(NC(=O)Nc2ccc(Cl)cc2-n2cccn2)C1. The zero-order valence-corrected chi connectivity index (χ0v) is 15.7. The average molecular weight is 392 g/mol. The number of likely N-dealkylation sites (N-methyl/N-ethyl adjacent to an activating group) is 1. The summed E-state index contributed by atoms with van der Waals surface area (Å²) in [4.78, 5) is 25.2. The van der Waals surface area contributed by atoms with Crippen molar-refractivity contribution in [1.82, 2.24) is 20.0 Å². The van der Waals surface area contributed by atoms with Gasteiger partial charge >= 0.3 is 12.0 Å². The van der Waals surface area contributed by atoms with E-state index < -0.39 is 5.97 Å². The minimum absolute atomic E-state index is 0.0259. The molecule has 9 heteroatoms. The number of nitrogens with one attached hydrogen (secondary N) is 2. The van der Waals surface area contributed by atoms with Gasteiger partial charge in [0.05, 0.1) is 17.9 Å². The summed E-state index contributed by atoms with van der Waals surface area (Å²) in [5, 5.41) is 19.4. The number of amides is 2. The minimum atomic E-state index is -0.833. The lowest BCUT2D eigenvalue weighted by Gasteiger charge is -2.42. The second kappa shape index (κ2) is 8.41. The number of carbonyl (C=O) groups excluding carboxylic acids is 1. The van der Waals surface area contributed by atoms with Crippen LogP contribution in [0.15, 0.2) is 36.7 Å². The molecule has 0 saturated heterocycles. The molecule has 2 amide bonds. The Kier molecular flexibility index (Phi) is 5.98. The van der Waals surface area contributed by atoms with Gasteiger partial charge in [-0.25, -0.2) is 9.48 Å². The van der Waals surface area contributed by atoms with Gasteiger partial charge in [0, 0.05) is 29.5 Å². The van der Waals surface area contributed by atoms with Gasteiger partial charge in [-0.3, -0.25) is 9.69 Å². The molecule has 1 aromatic carbocycles. The number of nitrogens with zero attached hydrogens (tertiary/aromatic N) is 3. The molecule has 1 saturated carbocycles. The topological polar surface area (TPSA) is 99.5 Å². The van der Waals surface area contributed by atoms with Gasteiger partial charge in [0.2, 0.25) is 0 Å². The Balaban J connectivity index is 1.56. The molecule has 144 valence electrons. The van der Waals surface area contributed by atoms with Crippen molar-refractivity contribution >= 4 is 29.3 Å². The molecule has 1 aliphatic carbocycles. The van der Waals surface area contributed by atoms with Crippen molar-refractivity contribution in [1.29, 1.82) is 0 Å². The molecule has 0 bridgehead atoms. The third kappa shape index (κ3) is 4.78. The molecular formula is C18H22ClN5O3. The van der Waals surface area contributed by atoms with Gasteiger partial charge in [0.15, 0.2) is 0 Å². The van der Waals surface area contributed by atoms with Crippen molar-refractivity contribution in [2.24, 2.45) is 0 Å². The molecule has 0 atom stereocenters. The first-order valence-electron chi connectivity index (χ1n) is 8.79. The van der Waals surface area contributed by atoms with Gasteiger partial charge in [0.1, 0.15) is 0 Å². The third-order valence-electron chi connectivity index (χ3n) is 4.67.